The molecule has 0 spiro atoms. The van der Waals surface area contributed by atoms with Gasteiger partial charge in [-0.15, -0.1) is 24.0 Å². The van der Waals surface area contributed by atoms with Crippen molar-refractivity contribution < 1.29 is 14.2 Å². The quantitative estimate of drug-likeness (QED) is 0.335. The molecule has 0 radical (unpaired) electrons. The third-order valence-electron chi connectivity index (χ3n) is 3.65. The summed E-state index contributed by atoms with van der Waals surface area (Å²) in [6.45, 7) is 4.60. The summed E-state index contributed by atoms with van der Waals surface area (Å²) in [6.07, 6.45) is 0.962. The highest BCUT2D eigenvalue weighted by molar-refractivity contribution is 14.0. The second-order valence-corrected chi connectivity index (χ2v) is 6.02. The standard InChI is InChI=1S/C20H27N3O3.HI/c1-14(2)26-16-7-5-15(6-8-16)11-12-22-20(21)23-18-13-17(24-3)9-10-19(18)25-4;/h5-10,13-14H,11-12H2,1-4H3,(H3,21,22,23);1H. The van der Waals surface area contributed by atoms with Gasteiger partial charge in [0.15, 0.2) is 5.96 Å². The summed E-state index contributed by atoms with van der Waals surface area (Å²) in [5.74, 6) is 2.59. The maximum atomic E-state index is 5.99. The van der Waals surface area contributed by atoms with Crippen molar-refractivity contribution in [3.05, 3.63) is 48.0 Å². The molecule has 27 heavy (non-hydrogen) atoms. The van der Waals surface area contributed by atoms with Crippen LogP contribution >= 0.6 is 24.0 Å². The van der Waals surface area contributed by atoms with E-state index in [1.54, 1.807) is 14.2 Å². The summed E-state index contributed by atoms with van der Waals surface area (Å²) in [7, 11) is 3.22. The monoisotopic (exact) mass is 485 g/mol. The zero-order chi connectivity index (χ0) is 18.9. The lowest BCUT2D eigenvalue weighted by Gasteiger charge is -2.12. The zero-order valence-corrected chi connectivity index (χ0v) is 18.5. The minimum absolute atomic E-state index is 0. The fraction of sp³-hybridized carbons (Fsp3) is 0.350. The van der Waals surface area contributed by atoms with Gasteiger partial charge >= 0.3 is 0 Å². The van der Waals surface area contributed by atoms with Gasteiger partial charge in [0.1, 0.15) is 17.2 Å². The Hall–Kier alpha value is -2.16. The number of nitrogens with two attached hydrogens (primary N) is 1. The van der Waals surface area contributed by atoms with E-state index in [9.17, 15) is 0 Å². The average Bonchev–Trinajstić information content (AvgIpc) is 2.62. The van der Waals surface area contributed by atoms with E-state index in [0.29, 0.717) is 29.7 Å². The van der Waals surface area contributed by atoms with E-state index in [4.69, 9.17) is 19.9 Å². The van der Waals surface area contributed by atoms with Crippen LogP contribution in [0, 0.1) is 0 Å². The lowest BCUT2D eigenvalue weighted by Crippen LogP contribution is -2.23. The first-order valence-corrected chi connectivity index (χ1v) is 8.56. The number of methoxy groups -OCH3 is 2. The normalized spacial score (nSPS) is 10.9. The number of hydrogen-bond donors (Lipinski definition) is 2. The molecule has 0 bridgehead atoms. The van der Waals surface area contributed by atoms with E-state index in [1.165, 1.54) is 5.56 Å². The molecule has 0 unspecified atom stereocenters. The summed E-state index contributed by atoms with van der Waals surface area (Å²) in [4.78, 5) is 4.37. The van der Waals surface area contributed by atoms with Gasteiger partial charge in [-0.2, -0.15) is 0 Å². The number of rotatable bonds is 8. The molecular weight excluding hydrogens is 457 g/mol. The van der Waals surface area contributed by atoms with Gasteiger partial charge in [0.05, 0.1) is 26.0 Å². The van der Waals surface area contributed by atoms with Gasteiger partial charge in [0.25, 0.3) is 0 Å². The molecule has 0 fully saturated rings. The number of hydrogen-bond acceptors (Lipinski definition) is 4. The van der Waals surface area contributed by atoms with Crippen molar-refractivity contribution in [2.45, 2.75) is 26.4 Å². The minimum atomic E-state index is 0. The Morgan fingerprint density at radius 3 is 2.30 bits per heavy atom. The van der Waals surface area contributed by atoms with Crippen LogP contribution in [0.3, 0.4) is 0 Å². The molecule has 0 amide bonds. The first-order valence-electron chi connectivity index (χ1n) is 8.56. The minimum Gasteiger partial charge on any atom is -0.497 e. The van der Waals surface area contributed by atoms with Gasteiger partial charge in [-0.3, -0.25) is 4.99 Å². The van der Waals surface area contributed by atoms with Crippen molar-refractivity contribution in [3.63, 3.8) is 0 Å². The number of nitrogens with one attached hydrogen (secondary N) is 1. The molecule has 3 N–H and O–H groups in total. The number of halogens is 1. The first-order chi connectivity index (χ1) is 12.5. The van der Waals surface area contributed by atoms with Gasteiger partial charge in [0.2, 0.25) is 0 Å². The summed E-state index contributed by atoms with van der Waals surface area (Å²) in [6, 6.07) is 13.5. The number of aliphatic imine (C=N–C) groups is 1. The van der Waals surface area contributed by atoms with Crippen LogP contribution in [0.25, 0.3) is 0 Å². The second kappa shape index (κ2) is 11.5. The Kier molecular flexibility index (Phi) is 9.77. The Morgan fingerprint density at radius 1 is 1.04 bits per heavy atom. The maximum absolute atomic E-state index is 5.99. The van der Waals surface area contributed by atoms with Crippen LogP contribution in [0.15, 0.2) is 47.5 Å². The Morgan fingerprint density at radius 2 is 1.70 bits per heavy atom. The molecule has 2 aromatic rings. The zero-order valence-electron chi connectivity index (χ0n) is 16.2. The SMILES string of the molecule is COc1ccc(OC)c(NC(N)=NCCc2ccc(OC(C)C)cc2)c1.I. The van der Waals surface area contributed by atoms with Crippen molar-refractivity contribution in [3.8, 4) is 17.2 Å². The van der Waals surface area contributed by atoms with Gasteiger partial charge in [0, 0.05) is 12.6 Å². The molecule has 0 aliphatic carbocycles. The van der Waals surface area contributed by atoms with E-state index >= 15 is 0 Å². The van der Waals surface area contributed by atoms with Crippen LogP contribution in [0.5, 0.6) is 17.2 Å². The molecule has 148 valence electrons. The van der Waals surface area contributed by atoms with Crippen LogP contribution in [0.4, 0.5) is 5.69 Å². The predicted octanol–water partition coefficient (Wildman–Crippen LogP) is 4.08. The molecule has 0 atom stereocenters. The number of anilines is 1. The summed E-state index contributed by atoms with van der Waals surface area (Å²) in [5.41, 5.74) is 7.88. The molecule has 0 aliphatic rings. The fourth-order valence-corrected chi connectivity index (χ4v) is 2.40. The molecule has 2 rings (SSSR count). The van der Waals surface area contributed by atoms with Gasteiger partial charge < -0.3 is 25.3 Å². The molecule has 0 saturated heterocycles. The number of benzene rings is 2. The van der Waals surface area contributed by atoms with E-state index in [-0.39, 0.29) is 30.1 Å². The van der Waals surface area contributed by atoms with Crippen molar-refractivity contribution in [2.24, 2.45) is 10.7 Å². The van der Waals surface area contributed by atoms with Crippen molar-refractivity contribution >= 4 is 35.6 Å². The van der Waals surface area contributed by atoms with Gasteiger partial charge in [-0.25, -0.2) is 0 Å². The summed E-state index contributed by atoms with van der Waals surface area (Å²) < 4.78 is 16.2. The molecule has 6 nitrogen and oxygen atoms in total. The van der Waals surface area contributed by atoms with E-state index < -0.39 is 0 Å². The molecular formula is C20H28IN3O3. The van der Waals surface area contributed by atoms with E-state index in [1.807, 2.05) is 56.3 Å². The highest BCUT2D eigenvalue weighted by Gasteiger charge is 2.06. The lowest BCUT2D eigenvalue weighted by molar-refractivity contribution is 0.242. The second-order valence-electron chi connectivity index (χ2n) is 6.02. The highest BCUT2D eigenvalue weighted by Crippen LogP contribution is 2.28. The smallest absolute Gasteiger partial charge is 0.193 e. The Balaban J connectivity index is 0.00000364. The Bertz CT molecular complexity index is 734. The topological polar surface area (TPSA) is 78.1 Å². The highest BCUT2D eigenvalue weighted by atomic mass is 127. The van der Waals surface area contributed by atoms with Crippen LogP contribution in [-0.4, -0.2) is 32.8 Å². The number of guanidine groups is 1. The van der Waals surface area contributed by atoms with Crippen LogP contribution < -0.4 is 25.3 Å². The van der Waals surface area contributed by atoms with E-state index in [2.05, 4.69) is 10.3 Å². The molecule has 0 saturated carbocycles. The third-order valence-corrected chi connectivity index (χ3v) is 3.65. The molecule has 7 heteroatoms. The molecule has 0 aromatic heterocycles. The molecule has 0 heterocycles. The van der Waals surface area contributed by atoms with Crippen molar-refractivity contribution in [1.82, 2.24) is 0 Å². The van der Waals surface area contributed by atoms with Crippen LogP contribution in [-0.2, 0) is 6.42 Å². The molecule has 2 aromatic carbocycles. The lowest BCUT2D eigenvalue weighted by atomic mass is 10.1. The molecule has 0 aliphatic heterocycles. The summed E-state index contributed by atoms with van der Waals surface area (Å²) >= 11 is 0. The van der Waals surface area contributed by atoms with Gasteiger partial charge in [-0.05, 0) is 50.1 Å². The van der Waals surface area contributed by atoms with Crippen LogP contribution in [0.2, 0.25) is 0 Å². The van der Waals surface area contributed by atoms with Crippen LogP contribution in [0.1, 0.15) is 19.4 Å². The largest absolute Gasteiger partial charge is 0.497 e. The van der Waals surface area contributed by atoms with Crippen molar-refractivity contribution in [2.75, 3.05) is 26.1 Å². The average molecular weight is 485 g/mol. The number of ether oxygens (including phenoxy) is 3. The predicted molar refractivity (Wildman–Crippen MR) is 121 cm³/mol. The Labute approximate surface area is 178 Å². The van der Waals surface area contributed by atoms with Gasteiger partial charge in [-0.1, -0.05) is 12.1 Å². The maximum Gasteiger partial charge on any atom is 0.193 e. The first kappa shape index (κ1) is 22.9. The van der Waals surface area contributed by atoms with Crippen molar-refractivity contribution in [1.29, 1.82) is 0 Å². The number of nitrogens with zero attached hydrogens (tertiary/aromatic N) is 1. The third kappa shape index (κ3) is 7.54. The fourth-order valence-electron chi connectivity index (χ4n) is 2.40. The van der Waals surface area contributed by atoms with E-state index in [0.717, 1.165) is 12.2 Å². The summed E-state index contributed by atoms with van der Waals surface area (Å²) in [5, 5.41) is 3.06.